The van der Waals surface area contributed by atoms with Crippen molar-refractivity contribution >= 4 is 5.96 Å². The Bertz CT molecular complexity index is 487. The summed E-state index contributed by atoms with van der Waals surface area (Å²) < 4.78 is 11.0. The quantitative estimate of drug-likeness (QED) is 0.417. The van der Waals surface area contributed by atoms with E-state index in [4.69, 9.17) is 9.47 Å². The number of aliphatic imine (C=N–C) groups is 1. The van der Waals surface area contributed by atoms with Crippen molar-refractivity contribution in [3.05, 3.63) is 29.3 Å². The zero-order valence-corrected chi connectivity index (χ0v) is 15.1. The summed E-state index contributed by atoms with van der Waals surface area (Å²) in [5.41, 5.74) is 2.26. The van der Waals surface area contributed by atoms with Crippen LogP contribution in [-0.2, 0) is 11.3 Å². The molecule has 130 valence electrons. The molecule has 0 aliphatic heterocycles. The predicted molar refractivity (Wildman–Crippen MR) is 96.2 cm³/mol. The second-order valence-corrected chi connectivity index (χ2v) is 5.91. The molecule has 1 rings (SSSR count). The third-order valence-corrected chi connectivity index (χ3v) is 3.18. The van der Waals surface area contributed by atoms with Crippen LogP contribution < -0.4 is 15.4 Å². The third kappa shape index (κ3) is 7.88. The molecule has 1 aromatic carbocycles. The van der Waals surface area contributed by atoms with Gasteiger partial charge in [0.15, 0.2) is 5.96 Å². The molecule has 0 unspecified atom stereocenters. The van der Waals surface area contributed by atoms with E-state index in [2.05, 4.69) is 55.5 Å². The van der Waals surface area contributed by atoms with Gasteiger partial charge in [0, 0.05) is 25.3 Å². The van der Waals surface area contributed by atoms with Crippen LogP contribution >= 0.6 is 0 Å². The molecular weight excluding hydrogens is 290 g/mol. The maximum absolute atomic E-state index is 5.57. The molecule has 2 N–H and O–H groups in total. The Morgan fingerprint density at radius 2 is 2.04 bits per heavy atom. The average molecular weight is 321 g/mol. The Kier molecular flexibility index (Phi) is 9.14. The number of aryl methyl sites for hydroxylation is 1. The molecule has 0 heterocycles. The first-order chi connectivity index (χ1) is 11.1. The summed E-state index contributed by atoms with van der Waals surface area (Å²) in [5, 5.41) is 6.53. The van der Waals surface area contributed by atoms with Crippen LogP contribution in [0.2, 0.25) is 0 Å². The van der Waals surface area contributed by atoms with Crippen LogP contribution in [0.1, 0.15) is 31.9 Å². The standard InChI is InChI=1S/C18H31N3O2/c1-6-19-18(20-9-10-23-13-14(2)3)21-12-16-8-7-15(4)11-17(16)22-5/h7-8,11,14H,6,9-10,12-13H2,1-5H3,(H2,19,20,21). The van der Waals surface area contributed by atoms with E-state index < -0.39 is 0 Å². The summed E-state index contributed by atoms with van der Waals surface area (Å²) in [7, 11) is 1.69. The van der Waals surface area contributed by atoms with E-state index in [9.17, 15) is 0 Å². The second-order valence-electron chi connectivity index (χ2n) is 5.91. The van der Waals surface area contributed by atoms with Gasteiger partial charge in [0.1, 0.15) is 5.75 Å². The molecule has 0 aliphatic rings. The molecule has 0 saturated carbocycles. The fourth-order valence-electron chi connectivity index (χ4n) is 2.05. The van der Waals surface area contributed by atoms with E-state index in [1.54, 1.807) is 7.11 Å². The molecule has 0 aromatic heterocycles. The molecule has 5 heteroatoms. The lowest BCUT2D eigenvalue weighted by molar-refractivity contribution is 0.114. The Labute approximate surface area is 140 Å². The van der Waals surface area contributed by atoms with Crippen molar-refractivity contribution in [1.82, 2.24) is 10.6 Å². The number of nitrogens with zero attached hydrogens (tertiary/aromatic N) is 1. The largest absolute Gasteiger partial charge is 0.496 e. The summed E-state index contributed by atoms with van der Waals surface area (Å²) in [6.45, 7) is 12.0. The van der Waals surface area contributed by atoms with Crippen LogP contribution in [-0.4, -0.2) is 39.4 Å². The van der Waals surface area contributed by atoms with Gasteiger partial charge in [-0.3, -0.25) is 0 Å². The predicted octanol–water partition coefficient (Wildman–Crippen LogP) is 2.73. The summed E-state index contributed by atoms with van der Waals surface area (Å²) in [4.78, 5) is 4.61. The smallest absolute Gasteiger partial charge is 0.191 e. The minimum atomic E-state index is 0.561. The second kappa shape index (κ2) is 10.9. The van der Waals surface area contributed by atoms with Crippen LogP contribution in [0.15, 0.2) is 23.2 Å². The topological polar surface area (TPSA) is 54.9 Å². The summed E-state index contributed by atoms with van der Waals surface area (Å²) in [6.07, 6.45) is 0. The number of nitrogens with one attached hydrogen (secondary N) is 2. The van der Waals surface area contributed by atoms with Gasteiger partial charge in [-0.15, -0.1) is 0 Å². The van der Waals surface area contributed by atoms with E-state index in [1.165, 1.54) is 5.56 Å². The number of methoxy groups -OCH3 is 1. The van der Waals surface area contributed by atoms with E-state index in [0.29, 0.717) is 19.1 Å². The minimum absolute atomic E-state index is 0.561. The van der Waals surface area contributed by atoms with Crippen LogP contribution in [0.4, 0.5) is 0 Å². The summed E-state index contributed by atoms with van der Waals surface area (Å²) >= 11 is 0. The SMILES string of the molecule is CCNC(=NCc1ccc(C)cc1OC)NCCOCC(C)C. The molecule has 0 bridgehead atoms. The lowest BCUT2D eigenvalue weighted by Crippen LogP contribution is -2.39. The van der Waals surface area contributed by atoms with Crippen LogP contribution in [0.3, 0.4) is 0 Å². The number of guanidine groups is 1. The van der Waals surface area contributed by atoms with Crippen LogP contribution in [0.25, 0.3) is 0 Å². The average Bonchev–Trinajstić information content (AvgIpc) is 2.52. The normalized spacial score (nSPS) is 11.7. The van der Waals surface area contributed by atoms with E-state index in [0.717, 1.165) is 37.0 Å². The molecule has 0 spiro atoms. The van der Waals surface area contributed by atoms with Crippen molar-refractivity contribution in [1.29, 1.82) is 0 Å². The van der Waals surface area contributed by atoms with Crippen molar-refractivity contribution in [2.75, 3.05) is 33.4 Å². The fraction of sp³-hybridized carbons (Fsp3) is 0.611. The first-order valence-corrected chi connectivity index (χ1v) is 8.30. The Morgan fingerprint density at radius 1 is 1.26 bits per heavy atom. The van der Waals surface area contributed by atoms with Gasteiger partial charge in [0.05, 0.1) is 20.3 Å². The van der Waals surface area contributed by atoms with Crippen LogP contribution in [0.5, 0.6) is 5.75 Å². The van der Waals surface area contributed by atoms with Gasteiger partial charge in [0.25, 0.3) is 0 Å². The van der Waals surface area contributed by atoms with E-state index >= 15 is 0 Å². The van der Waals surface area contributed by atoms with Crippen molar-refractivity contribution in [2.45, 2.75) is 34.2 Å². The fourth-order valence-corrected chi connectivity index (χ4v) is 2.05. The van der Waals surface area contributed by atoms with Gasteiger partial charge in [-0.1, -0.05) is 26.0 Å². The van der Waals surface area contributed by atoms with E-state index in [1.807, 2.05) is 6.07 Å². The lowest BCUT2D eigenvalue weighted by Gasteiger charge is -2.13. The van der Waals surface area contributed by atoms with Gasteiger partial charge in [-0.2, -0.15) is 0 Å². The monoisotopic (exact) mass is 321 g/mol. The van der Waals surface area contributed by atoms with E-state index in [-0.39, 0.29) is 0 Å². The zero-order valence-electron chi connectivity index (χ0n) is 15.1. The number of ether oxygens (including phenoxy) is 2. The Balaban J connectivity index is 2.54. The number of rotatable bonds is 9. The molecular formula is C18H31N3O2. The third-order valence-electron chi connectivity index (χ3n) is 3.18. The van der Waals surface area contributed by atoms with Gasteiger partial charge < -0.3 is 20.1 Å². The molecule has 1 aromatic rings. The molecule has 0 amide bonds. The molecule has 0 atom stereocenters. The van der Waals surface area contributed by atoms with Gasteiger partial charge in [-0.25, -0.2) is 4.99 Å². The first-order valence-electron chi connectivity index (χ1n) is 8.30. The van der Waals surface area contributed by atoms with Gasteiger partial charge in [0.2, 0.25) is 0 Å². The maximum Gasteiger partial charge on any atom is 0.191 e. The molecule has 23 heavy (non-hydrogen) atoms. The first kappa shape index (κ1) is 19.3. The van der Waals surface area contributed by atoms with Crippen molar-refractivity contribution < 1.29 is 9.47 Å². The molecule has 0 fully saturated rings. The highest BCUT2D eigenvalue weighted by atomic mass is 16.5. The number of benzene rings is 1. The van der Waals surface area contributed by atoms with Crippen molar-refractivity contribution in [2.24, 2.45) is 10.9 Å². The lowest BCUT2D eigenvalue weighted by atomic mass is 10.1. The maximum atomic E-state index is 5.57. The summed E-state index contributed by atoms with van der Waals surface area (Å²) in [6, 6.07) is 6.17. The number of hydrogen-bond donors (Lipinski definition) is 2. The molecule has 0 saturated heterocycles. The highest BCUT2D eigenvalue weighted by Gasteiger charge is 2.04. The Hall–Kier alpha value is -1.75. The van der Waals surface area contributed by atoms with Gasteiger partial charge in [-0.05, 0) is 31.4 Å². The highest BCUT2D eigenvalue weighted by Crippen LogP contribution is 2.20. The molecule has 0 radical (unpaired) electrons. The summed E-state index contributed by atoms with van der Waals surface area (Å²) in [5.74, 6) is 2.24. The van der Waals surface area contributed by atoms with Crippen molar-refractivity contribution in [3.63, 3.8) is 0 Å². The van der Waals surface area contributed by atoms with Gasteiger partial charge >= 0.3 is 0 Å². The molecule has 0 aliphatic carbocycles. The van der Waals surface area contributed by atoms with Crippen molar-refractivity contribution in [3.8, 4) is 5.75 Å². The van der Waals surface area contributed by atoms with Crippen LogP contribution in [0, 0.1) is 12.8 Å². The molecule has 5 nitrogen and oxygen atoms in total. The minimum Gasteiger partial charge on any atom is -0.496 e. The highest BCUT2D eigenvalue weighted by molar-refractivity contribution is 5.79. The Morgan fingerprint density at radius 3 is 2.70 bits per heavy atom. The zero-order chi connectivity index (χ0) is 17.1. The number of hydrogen-bond acceptors (Lipinski definition) is 3.